The number of nitrogens with two attached hydrogens (primary N) is 1. The Morgan fingerprint density at radius 3 is 2.78 bits per heavy atom. The van der Waals surface area contributed by atoms with Gasteiger partial charge >= 0.3 is 0 Å². The van der Waals surface area contributed by atoms with E-state index >= 15 is 0 Å². The average molecular weight is 339 g/mol. The molecule has 1 aromatic heterocycles. The summed E-state index contributed by atoms with van der Waals surface area (Å²) in [6.07, 6.45) is 1.33. The average Bonchev–Trinajstić information content (AvgIpc) is 3.03. The number of nitrogens with one attached hydrogen (secondary N) is 3. The first-order valence-corrected chi connectivity index (χ1v) is 7.21. The van der Waals surface area contributed by atoms with Crippen LogP contribution in [0, 0.1) is 0 Å². The maximum absolute atomic E-state index is 12.4. The number of H-pyrrole nitrogens is 1. The standard InChI is InChI=1S/C12H17N7O3S/c1-14-11(20)8-10(16-6-15-8)18-17-7(9(13)23)12(21)19-2-4-22-5-3-19/h6,18H,2-5H2,1H3,(H2,13,23)(H,14,20)(H,15,16)/b17-7-. The van der Waals surface area contributed by atoms with Crippen molar-refractivity contribution in [2.24, 2.45) is 10.8 Å². The Morgan fingerprint density at radius 2 is 2.17 bits per heavy atom. The Bertz CT molecular complexity index is 636. The number of thiocarbonyl (C=S) groups is 1. The second-order valence-corrected chi connectivity index (χ2v) is 4.99. The van der Waals surface area contributed by atoms with Crippen molar-refractivity contribution in [1.82, 2.24) is 20.2 Å². The van der Waals surface area contributed by atoms with E-state index in [0.717, 1.165) is 0 Å². The Labute approximate surface area is 137 Å². The zero-order valence-corrected chi connectivity index (χ0v) is 13.3. The van der Waals surface area contributed by atoms with Crippen LogP contribution in [0.3, 0.4) is 0 Å². The van der Waals surface area contributed by atoms with Gasteiger partial charge in [0.05, 0.1) is 19.5 Å². The minimum absolute atomic E-state index is 0.104. The van der Waals surface area contributed by atoms with E-state index in [2.05, 4.69) is 25.8 Å². The molecule has 2 heterocycles. The topological polar surface area (TPSA) is 138 Å². The summed E-state index contributed by atoms with van der Waals surface area (Å²) in [6.45, 7) is 1.77. The number of aromatic amines is 1. The number of amides is 2. The van der Waals surface area contributed by atoms with E-state index < -0.39 is 5.91 Å². The maximum atomic E-state index is 12.4. The SMILES string of the molecule is CNC(=O)c1[nH]cnc1N/N=C(\C(=O)N1CCOCC1)C(N)=S. The second-order valence-electron chi connectivity index (χ2n) is 4.55. The molecule has 0 saturated carbocycles. The molecular formula is C12H17N7O3S. The molecule has 0 aromatic carbocycles. The van der Waals surface area contributed by atoms with Crippen LogP contribution in [0.5, 0.6) is 0 Å². The summed E-state index contributed by atoms with van der Waals surface area (Å²) in [5.41, 5.74) is 8.20. The number of carbonyl (C=O) groups excluding carboxylic acids is 2. The normalized spacial score (nSPS) is 15.2. The van der Waals surface area contributed by atoms with Gasteiger partial charge in [-0.2, -0.15) is 5.10 Å². The van der Waals surface area contributed by atoms with E-state index in [4.69, 9.17) is 22.7 Å². The predicted molar refractivity (Wildman–Crippen MR) is 87.2 cm³/mol. The Hall–Kier alpha value is -2.53. The zero-order chi connectivity index (χ0) is 16.8. The number of hydrazone groups is 1. The molecular weight excluding hydrogens is 322 g/mol. The van der Waals surface area contributed by atoms with E-state index in [0.29, 0.717) is 26.3 Å². The highest BCUT2D eigenvalue weighted by atomic mass is 32.1. The van der Waals surface area contributed by atoms with Crippen molar-refractivity contribution < 1.29 is 14.3 Å². The number of rotatable bonds is 5. The van der Waals surface area contributed by atoms with E-state index in [1.165, 1.54) is 13.4 Å². The quantitative estimate of drug-likeness (QED) is 0.297. The summed E-state index contributed by atoms with van der Waals surface area (Å²) in [4.78, 5) is 32.0. The lowest BCUT2D eigenvalue weighted by molar-refractivity contribution is -0.127. The molecule has 0 bridgehead atoms. The van der Waals surface area contributed by atoms with Gasteiger partial charge in [0.1, 0.15) is 10.7 Å². The molecule has 5 N–H and O–H groups in total. The number of hydrogen-bond acceptors (Lipinski definition) is 7. The van der Waals surface area contributed by atoms with Crippen LogP contribution >= 0.6 is 12.2 Å². The fraction of sp³-hybridized carbons (Fsp3) is 0.417. The lowest BCUT2D eigenvalue weighted by Gasteiger charge is -2.26. The monoisotopic (exact) mass is 339 g/mol. The number of carbonyl (C=O) groups is 2. The van der Waals surface area contributed by atoms with Gasteiger partial charge in [-0.05, 0) is 0 Å². The van der Waals surface area contributed by atoms with Gasteiger partial charge in [-0.3, -0.25) is 15.0 Å². The minimum Gasteiger partial charge on any atom is -0.388 e. The van der Waals surface area contributed by atoms with Gasteiger partial charge in [0.2, 0.25) is 0 Å². The van der Waals surface area contributed by atoms with Crippen molar-refractivity contribution in [3.63, 3.8) is 0 Å². The van der Waals surface area contributed by atoms with Gasteiger partial charge < -0.3 is 25.7 Å². The first kappa shape index (κ1) is 16.8. The molecule has 0 atom stereocenters. The van der Waals surface area contributed by atoms with Crippen LogP contribution in [0.2, 0.25) is 0 Å². The van der Waals surface area contributed by atoms with Gasteiger partial charge in [-0.15, -0.1) is 0 Å². The fourth-order valence-corrected chi connectivity index (χ4v) is 2.04. The Balaban J connectivity index is 2.16. The molecule has 0 radical (unpaired) electrons. The highest BCUT2D eigenvalue weighted by molar-refractivity contribution is 7.82. The lowest BCUT2D eigenvalue weighted by Crippen LogP contribution is -2.47. The molecule has 1 aliphatic rings. The second kappa shape index (κ2) is 7.65. The van der Waals surface area contributed by atoms with Gasteiger partial charge in [0, 0.05) is 20.1 Å². The Kier molecular flexibility index (Phi) is 5.60. The summed E-state index contributed by atoms with van der Waals surface area (Å²) in [7, 11) is 1.48. The highest BCUT2D eigenvalue weighted by Gasteiger charge is 2.24. The summed E-state index contributed by atoms with van der Waals surface area (Å²) in [5, 5.41) is 6.38. The Morgan fingerprint density at radius 1 is 1.48 bits per heavy atom. The van der Waals surface area contributed by atoms with Crippen molar-refractivity contribution in [2.45, 2.75) is 0 Å². The van der Waals surface area contributed by atoms with E-state index in [9.17, 15) is 9.59 Å². The molecule has 10 nitrogen and oxygen atoms in total. The largest absolute Gasteiger partial charge is 0.388 e. The molecule has 1 aliphatic heterocycles. The van der Waals surface area contributed by atoms with Gasteiger partial charge in [-0.25, -0.2) is 4.98 Å². The van der Waals surface area contributed by atoms with Gasteiger partial charge in [0.25, 0.3) is 11.8 Å². The molecule has 23 heavy (non-hydrogen) atoms. The molecule has 0 aliphatic carbocycles. The van der Waals surface area contributed by atoms with Crippen molar-refractivity contribution in [3.05, 3.63) is 12.0 Å². The van der Waals surface area contributed by atoms with Crippen LogP contribution in [0.4, 0.5) is 5.82 Å². The number of morpholine rings is 1. The summed E-state index contributed by atoms with van der Waals surface area (Å²) >= 11 is 4.89. The van der Waals surface area contributed by atoms with Gasteiger partial charge in [-0.1, -0.05) is 12.2 Å². The minimum atomic E-state index is -0.398. The van der Waals surface area contributed by atoms with E-state index in [1.807, 2.05) is 0 Å². The van der Waals surface area contributed by atoms with Crippen molar-refractivity contribution in [3.8, 4) is 0 Å². The summed E-state index contributed by atoms with van der Waals surface area (Å²) in [5.74, 6) is -0.616. The molecule has 1 saturated heterocycles. The van der Waals surface area contributed by atoms with Crippen LogP contribution in [-0.4, -0.2) is 70.7 Å². The van der Waals surface area contributed by atoms with Crippen LogP contribution in [0.1, 0.15) is 10.5 Å². The zero-order valence-electron chi connectivity index (χ0n) is 12.5. The molecule has 1 fully saturated rings. The first-order valence-electron chi connectivity index (χ1n) is 6.80. The van der Waals surface area contributed by atoms with Crippen molar-refractivity contribution >= 4 is 40.6 Å². The van der Waals surface area contributed by atoms with E-state index in [1.54, 1.807) is 4.90 Å². The first-order chi connectivity index (χ1) is 11.0. The fourth-order valence-electron chi connectivity index (χ4n) is 1.91. The van der Waals surface area contributed by atoms with Crippen LogP contribution in [-0.2, 0) is 9.53 Å². The number of hydrogen-bond donors (Lipinski definition) is 4. The number of aromatic nitrogens is 2. The van der Waals surface area contributed by atoms with E-state index in [-0.39, 0.29) is 28.1 Å². The number of anilines is 1. The molecule has 124 valence electrons. The summed E-state index contributed by atoms with van der Waals surface area (Å²) < 4.78 is 5.19. The molecule has 1 aromatic rings. The third-order valence-corrected chi connectivity index (χ3v) is 3.29. The lowest BCUT2D eigenvalue weighted by atomic mass is 10.3. The highest BCUT2D eigenvalue weighted by Crippen LogP contribution is 2.09. The van der Waals surface area contributed by atoms with Gasteiger partial charge in [0.15, 0.2) is 11.5 Å². The maximum Gasteiger partial charge on any atom is 0.277 e. The predicted octanol–water partition coefficient (Wildman–Crippen LogP) is -1.32. The number of imidazole rings is 1. The molecule has 11 heteroatoms. The smallest absolute Gasteiger partial charge is 0.277 e. The van der Waals surface area contributed by atoms with Crippen molar-refractivity contribution in [2.75, 3.05) is 38.8 Å². The molecule has 0 unspecified atom stereocenters. The number of ether oxygens (including phenoxy) is 1. The third kappa shape index (κ3) is 4.02. The molecule has 2 amide bonds. The molecule has 2 rings (SSSR count). The van der Waals surface area contributed by atoms with Crippen LogP contribution in [0.15, 0.2) is 11.4 Å². The van der Waals surface area contributed by atoms with Crippen LogP contribution < -0.4 is 16.5 Å². The van der Waals surface area contributed by atoms with Crippen molar-refractivity contribution in [1.29, 1.82) is 0 Å². The molecule has 0 spiro atoms. The van der Waals surface area contributed by atoms with Crippen LogP contribution in [0.25, 0.3) is 0 Å². The summed E-state index contributed by atoms with van der Waals surface area (Å²) in [6, 6.07) is 0. The number of nitrogens with zero attached hydrogens (tertiary/aromatic N) is 3. The third-order valence-electron chi connectivity index (χ3n) is 3.10.